The molecule has 0 unspecified atom stereocenters. The molecule has 0 amide bonds. The van der Waals surface area contributed by atoms with Gasteiger partial charge >= 0.3 is 10.1 Å². The standard InChI is InChI=1S/C20H16O5S/c1-24-16-12-13-18(20(21)15-8-4-2-5-9-15)19(14-16)25-26(22,23)17-10-6-3-7-11-17/h2-14H,1H3. The maximum Gasteiger partial charge on any atom is 0.339 e. The van der Waals surface area contributed by atoms with Crippen molar-refractivity contribution in [2.45, 2.75) is 4.90 Å². The van der Waals surface area contributed by atoms with Crippen molar-refractivity contribution in [3.05, 3.63) is 90.0 Å². The highest BCUT2D eigenvalue weighted by Crippen LogP contribution is 2.29. The van der Waals surface area contributed by atoms with Crippen LogP contribution in [0.15, 0.2) is 83.8 Å². The number of hydrogen-bond donors (Lipinski definition) is 0. The van der Waals surface area contributed by atoms with Crippen LogP contribution in [-0.4, -0.2) is 21.3 Å². The Labute approximate surface area is 151 Å². The van der Waals surface area contributed by atoms with Crippen LogP contribution in [0.1, 0.15) is 15.9 Å². The first-order valence-electron chi connectivity index (χ1n) is 7.78. The van der Waals surface area contributed by atoms with Crippen LogP contribution in [0.4, 0.5) is 0 Å². The molecule has 6 heteroatoms. The molecule has 0 atom stereocenters. The zero-order valence-electron chi connectivity index (χ0n) is 14.0. The van der Waals surface area contributed by atoms with Crippen molar-refractivity contribution in [2.24, 2.45) is 0 Å². The van der Waals surface area contributed by atoms with Gasteiger partial charge in [-0.25, -0.2) is 0 Å². The fraction of sp³-hybridized carbons (Fsp3) is 0.0500. The Kier molecular flexibility index (Phi) is 5.04. The van der Waals surface area contributed by atoms with E-state index in [4.69, 9.17) is 8.92 Å². The van der Waals surface area contributed by atoms with Crippen LogP contribution in [0.2, 0.25) is 0 Å². The molecule has 5 nitrogen and oxygen atoms in total. The highest BCUT2D eigenvalue weighted by Gasteiger charge is 2.22. The SMILES string of the molecule is COc1ccc(C(=O)c2ccccc2)c(OS(=O)(=O)c2ccccc2)c1. The van der Waals surface area contributed by atoms with Crippen LogP contribution in [0.5, 0.6) is 11.5 Å². The van der Waals surface area contributed by atoms with Gasteiger partial charge in [-0.1, -0.05) is 48.5 Å². The number of methoxy groups -OCH3 is 1. The second kappa shape index (κ2) is 7.41. The van der Waals surface area contributed by atoms with Crippen LogP contribution in [-0.2, 0) is 10.1 Å². The summed E-state index contributed by atoms with van der Waals surface area (Å²) in [6, 6.07) is 20.8. The summed E-state index contributed by atoms with van der Waals surface area (Å²) < 4.78 is 35.5. The number of carbonyl (C=O) groups is 1. The Hall–Kier alpha value is -3.12. The smallest absolute Gasteiger partial charge is 0.339 e. The van der Waals surface area contributed by atoms with E-state index in [9.17, 15) is 13.2 Å². The van der Waals surface area contributed by atoms with Gasteiger partial charge < -0.3 is 8.92 Å². The second-order valence-electron chi connectivity index (χ2n) is 5.41. The van der Waals surface area contributed by atoms with Gasteiger partial charge in [0.2, 0.25) is 0 Å². The molecule has 0 heterocycles. The lowest BCUT2D eigenvalue weighted by Crippen LogP contribution is -2.13. The lowest BCUT2D eigenvalue weighted by Gasteiger charge is -2.12. The summed E-state index contributed by atoms with van der Waals surface area (Å²) in [5.41, 5.74) is 0.566. The lowest BCUT2D eigenvalue weighted by molar-refractivity contribution is 0.103. The molecule has 0 fully saturated rings. The number of hydrogen-bond acceptors (Lipinski definition) is 5. The van der Waals surface area contributed by atoms with E-state index in [1.165, 1.54) is 31.4 Å². The van der Waals surface area contributed by atoms with E-state index in [-0.39, 0.29) is 22.0 Å². The summed E-state index contributed by atoms with van der Waals surface area (Å²) in [4.78, 5) is 12.8. The average Bonchev–Trinajstić information content (AvgIpc) is 2.68. The van der Waals surface area contributed by atoms with Gasteiger partial charge in [0, 0.05) is 11.6 Å². The van der Waals surface area contributed by atoms with E-state index in [0.717, 1.165) is 0 Å². The largest absolute Gasteiger partial charge is 0.497 e. The predicted molar refractivity (Wildman–Crippen MR) is 97.1 cm³/mol. The van der Waals surface area contributed by atoms with Gasteiger partial charge in [-0.15, -0.1) is 0 Å². The molecule has 3 rings (SSSR count). The van der Waals surface area contributed by atoms with Gasteiger partial charge in [0.1, 0.15) is 10.6 Å². The molecule has 3 aromatic rings. The minimum Gasteiger partial charge on any atom is -0.497 e. The number of ketones is 1. The second-order valence-corrected chi connectivity index (χ2v) is 6.95. The number of benzene rings is 3. The molecule has 0 aliphatic carbocycles. The van der Waals surface area contributed by atoms with Crippen molar-refractivity contribution in [2.75, 3.05) is 7.11 Å². The van der Waals surface area contributed by atoms with Crippen molar-refractivity contribution in [3.8, 4) is 11.5 Å². The molecule has 0 aliphatic rings. The Bertz CT molecular complexity index is 1010. The molecule has 0 saturated carbocycles. The fourth-order valence-corrected chi connectivity index (χ4v) is 3.35. The third-order valence-corrected chi connectivity index (χ3v) is 4.95. The number of carbonyl (C=O) groups excluding carboxylic acids is 1. The van der Waals surface area contributed by atoms with Crippen molar-refractivity contribution >= 4 is 15.9 Å². The third kappa shape index (κ3) is 3.75. The van der Waals surface area contributed by atoms with E-state index < -0.39 is 10.1 Å². The molecular formula is C20H16O5S. The van der Waals surface area contributed by atoms with Crippen molar-refractivity contribution < 1.29 is 22.1 Å². The molecule has 0 N–H and O–H groups in total. The fourth-order valence-electron chi connectivity index (χ4n) is 2.38. The minimum absolute atomic E-state index is 0.000861. The van der Waals surface area contributed by atoms with Crippen LogP contribution in [0.3, 0.4) is 0 Å². The molecule has 3 aromatic carbocycles. The first-order chi connectivity index (χ1) is 12.5. The molecule has 0 spiro atoms. The maximum atomic E-state index is 12.8. The minimum atomic E-state index is -4.08. The number of rotatable bonds is 6. The first kappa shape index (κ1) is 17.7. The van der Waals surface area contributed by atoms with Gasteiger partial charge in [-0.2, -0.15) is 8.42 Å². The molecule has 0 bridgehead atoms. The first-order valence-corrected chi connectivity index (χ1v) is 9.19. The Morgan fingerprint density at radius 1 is 0.846 bits per heavy atom. The van der Waals surface area contributed by atoms with Crippen LogP contribution in [0.25, 0.3) is 0 Å². The Morgan fingerprint density at radius 3 is 2.08 bits per heavy atom. The predicted octanol–water partition coefficient (Wildman–Crippen LogP) is 3.69. The summed E-state index contributed by atoms with van der Waals surface area (Å²) in [6.45, 7) is 0. The molecule has 26 heavy (non-hydrogen) atoms. The highest BCUT2D eigenvalue weighted by atomic mass is 32.2. The van der Waals surface area contributed by atoms with Crippen molar-refractivity contribution in [1.29, 1.82) is 0 Å². The number of ether oxygens (including phenoxy) is 1. The van der Waals surface area contributed by atoms with E-state index in [2.05, 4.69) is 0 Å². The Balaban J connectivity index is 2.04. The van der Waals surface area contributed by atoms with E-state index in [1.54, 1.807) is 54.6 Å². The van der Waals surface area contributed by atoms with Gasteiger partial charge in [0.15, 0.2) is 11.5 Å². The van der Waals surface area contributed by atoms with E-state index >= 15 is 0 Å². The third-order valence-electron chi connectivity index (χ3n) is 3.70. The van der Waals surface area contributed by atoms with Gasteiger partial charge in [-0.3, -0.25) is 4.79 Å². The summed E-state index contributed by atoms with van der Waals surface area (Å²) in [7, 11) is -2.64. The Morgan fingerprint density at radius 2 is 1.46 bits per heavy atom. The van der Waals surface area contributed by atoms with Crippen LogP contribution in [0, 0.1) is 0 Å². The highest BCUT2D eigenvalue weighted by molar-refractivity contribution is 7.87. The maximum absolute atomic E-state index is 12.8. The topological polar surface area (TPSA) is 69.7 Å². The summed E-state index contributed by atoms with van der Waals surface area (Å²) in [5, 5.41) is 0. The van der Waals surface area contributed by atoms with Gasteiger partial charge in [-0.05, 0) is 24.3 Å². The molecule has 0 aliphatic heterocycles. The van der Waals surface area contributed by atoms with E-state index in [0.29, 0.717) is 11.3 Å². The normalized spacial score (nSPS) is 11.0. The summed E-state index contributed by atoms with van der Waals surface area (Å²) in [6.07, 6.45) is 0. The van der Waals surface area contributed by atoms with Crippen LogP contribution < -0.4 is 8.92 Å². The average molecular weight is 368 g/mol. The van der Waals surface area contributed by atoms with Gasteiger partial charge in [0.05, 0.1) is 12.7 Å². The zero-order valence-corrected chi connectivity index (χ0v) is 14.8. The molecule has 0 radical (unpaired) electrons. The monoisotopic (exact) mass is 368 g/mol. The van der Waals surface area contributed by atoms with Crippen molar-refractivity contribution in [1.82, 2.24) is 0 Å². The quantitative estimate of drug-likeness (QED) is 0.490. The molecule has 0 aromatic heterocycles. The molecule has 132 valence electrons. The summed E-state index contributed by atoms with van der Waals surface area (Å²) in [5.74, 6) is -0.0403. The van der Waals surface area contributed by atoms with E-state index in [1.807, 2.05) is 0 Å². The lowest BCUT2D eigenvalue weighted by atomic mass is 10.0. The summed E-state index contributed by atoms with van der Waals surface area (Å²) >= 11 is 0. The molecular weight excluding hydrogens is 352 g/mol. The van der Waals surface area contributed by atoms with Crippen LogP contribution >= 0.6 is 0 Å². The molecule has 0 saturated heterocycles. The van der Waals surface area contributed by atoms with Gasteiger partial charge in [0.25, 0.3) is 0 Å². The van der Waals surface area contributed by atoms with Crippen molar-refractivity contribution in [3.63, 3.8) is 0 Å². The zero-order chi connectivity index (χ0) is 18.6.